The van der Waals surface area contributed by atoms with Gasteiger partial charge < -0.3 is 33.3 Å². The highest BCUT2D eigenvalue weighted by atomic mass is 31.2. The van der Waals surface area contributed by atoms with Crippen LogP contribution in [0.5, 0.6) is 11.5 Å². The molecule has 1 aliphatic heterocycles. The third kappa shape index (κ3) is 11.8. The van der Waals surface area contributed by atoms with E-state index in [0.29, 0.717) is 11.5 Å². The SMILES string of the molecule is COc1ccc(C(OC[C@H]2O[C@@H](n3cc(/C=C/C(=O)NCCN=[N+]=[N-])c(=O)[nH]c3=O)CC2OP(OCCC#N)N(C(C)C)C(C)C)(c2ccccc2)c2ccc(OC)cc2)cc1. The largest absolute Gasteiger partial charge is 0.497 e. The average molecular weight is 869 g/mol. The Bertz CT molecular complexity index is 2250. The second-order valence-corrected chi connectivity index (χ2v) is 16.1. The standard InChI is InChI=1S/C44H53N8O9P/c1-30(2)52(31(3)4)62(59-26-10-23-45)61-38-27-41(51-28-32(42(54)49-43(51)55)13-22-40(53)47-24-25-48-50-46)60-39(38)29-58-44(33-11-8-7-9-12-33,34-14-18-36(56-5)19-15-34)35-16-20-37(57-6)21-17-35/h7-9,11-22,28,30-31,38-39,41H,10,24-27,29H2,1-6H3,(H,47,53)(H,49,54,55)/b22-13+/t38?,39-,41-,62?/m1/s1. The number of hydrogen-bond donors (Lipinski definition) is 2. The van der Waals surface area contributed by atoms with Crippen molar-refractivity contribution in [3.8, 4) is 17.6 Å². The molecule has 3 aromatic carbocycles. The highest BCUT2D eigenvalue weighted by molar-refractivity contribution is 7.44. The van der Waals surface area contributed by atoms with Crippen molar-refractivity contribution in [2.24, 2.45) is 5.11 Å². The molecule has 1 aliphatic rings. The highest BCUT2D eigenvalue weighted by Crippen LogP contribution is 2.50. The van der Waals surface area contributed by atoms with Gasteiger partial charge >= 0.3 is 5.69 Å². The first kappa shape index (κ1) is 47.2. The molecular formula is C44H53N8O9P. The maximum absolute atomic E-state index is 13.5. The summed E-state index contributed by atoms with van der Waals surface area (Å²) < 4.78 is 41.6. The molecule has 4 aromatic rings. The fourth-order valence-electron chi connectivity index (χ4n) is 7.16. The molecule has 1 fully saturated rings. The Hall–Kier alpha value is -5.82. The van der Waals surface area contributed by atoms with Crippen LogP contribution in [-0.4, -0.2) is 84.9 Å². The van der Waals surface area contributed by atoms with Gasteiger partial charge in [-0.05, 0) is 80.3 Å². The monoisotopic (exact) mass is 868 g/mol. The van der Waals surface area contributed by atoms with Gasteiger partial charge in [0.2, 0.25) is 5.91 Å². The summed E-state index contributed by atoms with van der Waals surface area (Å²) >= 11 is 0. The molecule has 0 saturated carbocycles. The number of H-pyrrole nitrogens is 1. The van der Waals surface area contributed by atoms with Gasteiger partial charge in [0.1, 0.15) is 29.4 Å². The van der Waals surface area contributed by atoms with E-state index in [1.807, 2.05) is 107 Å². The summed E-state index contributed by atoms with van der Waals surface area (Å²) in [6.45, 7) is 8.38. The topological polar surface area (TPSA) is 215 Å². The lowest BCUT2D eigenvalue weighted by Gasteiger charge is -2.39. The molecule has 328 valence electrons. The van der Waals surface area contributed by atoms with E-state index in [4.69, 9.17) is 33.5 Å². The molecule has 2 heterocycles. The molecule has 5 rings (SSSR count). The minimum Gasteiger partial charge on any atom is -0.497 e. The molecule has 62 heavy (non-hydrogen) atoms. The third-order valence-electron chi connectivity index (χ3n) is 10.0. The molecule has 4 atom stereocenters. The van der Waals surface area contributed by atoms with Gasteiger partial charge in [0.15, 0.2) is 0 Å². The number of carbonyl (C=O) groups is 1. The Labute approximate surface area is 361 Å². The van der Waals surface area contributed by atoms with Crippen molar-refractivity contribution in [2.45, 2.75) is 76.7 Å². The van der Waals surface area contributed by atoms with Crippen LogP contribution in [0.15, 0.2) is 106 Å². The highest BCUT2D eigenvalue weighted by Gasteiger charge is 2.45. The number of carbonyl (C=O) groups excluding carboxylic acids is 1. The number of benzene rings is 3. The van der Waals surface area contributed by atoms with Crippen molar-refractivity contribution in [1.82, 2.24) is 19.5 Å². The van der Waals surface area contributed by atoms with Crippen LogP contribution in [0.25, 0.3) is 16.5 Å². The fraction of sp³-hybridized carbons (Fsp3) is 0.409. The van der Waals surface area contributed by atoms with Gasteiger partial charge in [-0.2, -0.15) is 5.26 Å². The van der Waals surface area contributed by atoms with E-state index < -0.39 is 49.7 Å². The molecule has 18 heteroatoms. The predicted molar refractivity (Wildman–Crippen MR) is 234 cm³/mol. The lowest BCUT2D eigenvalue weighted by molar-refractivity contribution is -0.116. The van der Waals surface area contributed by atoms with E-state index in [1.165, 1.54) is 16.8 Å². The van der Waals surface area contributed by atoms with E-state index in [-0.39, 0.29) is 56.8 Å². The molecule has 0 bridgehead atoms. The molecule has 0 radical (unpaired) electrons. The Morgan fingerprint density at radius 2 is 1.65 bits per heavy atom. The van der Waals surface area contributed by atoms with Crippen molar-refractivity contribution in [1.29, 1.82) is 5.26 Å². The van der Waals surface area contributed by atoms with Crippen LogP contribution in [0.2, 0.25) is 0 Å². The van der Waals surface area contributed by atoms with E-state index in [9.17, 15) is 19.6 Å². The molecule has 17 nitrogen and oxygen atoms in total. The van der Waals surface area contributed by atoms with Gasteiger partial charge in [0.05, 0.1) is 51.6 Å². The number of aromatic nitrogens is 2. The maximum Gasteiger partial charge on any atom is 0.330 e. The van der Waals surface area contributed by atoms with Crippen molar-refractivity contribution >= 4 is 20.5 Å². The van der Waals surface area contributed by atoms with Crippen LogP contribution in [-0.2, 0) is 28.9 Å². The third-order valence-corrected chi connectivity index (χ3v) is 12.2. The van der Waals surface area contributed by atoms with E-state index in [0.717, 1.165) is 22.8 Å². The van der Waals surface area contributed by atoms with Gasteiger partial charge in [-0.25, -0.2) is 9.46 Å². The molecule has 1 aromatic heterocycles. The van der Waals surface area contributed by atoms with Crippen LogP contribution in [0.4, 0.5) is 0 Å². The Morgan fingerprint density at radius 3 is 2.21 bits per heavy atom. The number of aromatic amines is 1. The van der Waals surface area contributed by atoms with E-state index in [2.05, 4.69) is 31.1 Å². The Balaban J connectivity index is 1.59. The summed E-state index contributed by atoms with van der Waals surface area (Å²) in [5, 5.41) is 15.3. The first-order valence-electron chi connectivity index (χ1n) is 20.2. The van der Waals surface area contributed by atoms with Gasteiger partial charge in [-0.15, -0.1) is 0 Å². The molecule has 2 N–H and O–H groups in total. The summed E-state index contributed by atoms with van der Waals surface area (Å²) in [7, 11) is 1.44. The number of nitrogens with zero attached hydrogens (tertiary/aromatic N) is 6. The van der Waals surface area contributed by atoms with Gasteiger partial charge in [-0.3, -0.25) is 19.1 Å². The fourth-order valence-corrected chi connectivity index (χ4v) is 8.91. The Kier molecular flexibility index (Phi) is 17.4. The smallest absolute Gasteiger partial charge is 0.330 e. The number of methoxy groups -OCH3 is 2. The molecule has 0 spiro atoms. The number of ether oxygens (including phenoxy) is 4. The number of nitriles is 1. The zero-order chi connectivity index (χ0) is 44.6. The summed E-state index contributed by atoms with van der Waals surface area (Å²) in [5.41, 5.74) is 8.28. The quantitative estimate of drug-likeness (QED) is 0.0157. The van der Waals surface area contributed by atoms with Crippen LogP contribution in [0, 0.1) is 11.3 Å². The van der Waals surface area contributed by atoms with E-state index in [1.54, 1.807) is 14.2 Å². The molecule has 1 amide bonds. The molecule has 0 aliphatic carbocycles. The van der Waals surface area contributed by atoms with Crippen LogP contribution >= 0.6 is 8.53 Å². The number of rotatable bonds is 22. The molecule has 1 saturated heterocycles. The first-order chi connectivity index (χ1) is 29.9. The summed E-state index contributed by atoms with van der Waals surface area (Å²) in [6.07, 6.45) is 1.55. The van der Waals surface area contributed by atoms with Crippen LogP contribution in [0.3, 0.4) is 0 Å². The zero-order valence-corrected chi connectivity index (χ0v) is 36.6. The lowest BCUT2D eigenvalue weighted by Crippen LogP contribution is -2.39. The van der Waals surface area contributed by atoms with Crippen molar-refractivity contribution in [3.05, 3.63) is 145 Å². The first-order valence-corrected chi connectivity index (χ1v) is 21.3. The van der Waals surface area contributed by atoms with Crippen LogP contribution < -0.4 is 26.0 Å². The maximum atomic E-state index is 13.5. The van der Waals surface area contributed by atoms with E-state index >= 15 is 0 Å². The lowest BCUT2D eigenvalue weighted by atomic mass is 9.80. The van der Waals surface area contributed by atoms with Crippen molar-refractivity contribution in [3.63, 3.8) is 0 Å². The summed E-state index contributed by atoms with van der Waals surface area (Å²) in [4.78, 5) is 43.9. The van der Waals surface area contributed by atoms with Gasteiger partial charge in [0, 0.05) is 48.8 Å². The summed E-state index contributed by atoms with van der Waals surface area (Å²) in [6, 6.07) is 27.2. The normalized spacial score (nSPS) is 16.9. The minimum atomic E-state index is -1.77. The van der Waals surface area contributed by atoms with Crippen LogP contribution in [0.1, 0.15) is 69.0 Å². The Morgan fingerprint density at radius 1 is 1.03 bits per heavy atom. The summed E-state index contributed by atoms with van der Waals surface area (Å²) in [5.74, 6) is 0.798. The number of azide groups is 1. The molecular weight excluding hydrogens is 816 g/mol. The zero-order valence-electron chi connectivity index (χ0n) is 35.7. The van der Waals surface area contributed by atoms with Crippen molar-refractivity contribution < 1.29 is 32.8 Å². The van der Waals surface area contributed by atoms with Crippen molar-refractivity contribution in [2.75, 3.05) is 40.5 Å². The number of amides is 1. The second-order valence-electron chi connectivity index (χ2n) is 14.7. The minimum absolute atomic E-state index is 0.000624. The number of hydrogen-bond acceptors (Lipinski definition) is 12. The van der Waals surface area contributed by atoms with Gasteiger partial charge in [-0.1, -0.05) is 59.7 Å². The average Bonchev–Trinajstić information content (AvgIpc) is 3.67. The van der Waals surface area contributed by atoms with Gasteiger partial charge in [0.25, 0.3) is 14.1 Å². The predicted octanol–water partition coefficient (Wildman–Crippen LogP) is 6.95. The second kappa shape index (κ2) is 22.9. The number of nitrogens with one attached hydrogen (secondary N) is 2. The molecule has 2 unspecified atom stereocenters.